The van der Waals surface area contributed by atoms with Crippen LogP contribution < -0.4 is 0 Å². The van der Waals surface area contributed by atoms with Crippen molar-refractivity contribution in [3.63, 3.8) is 0 Å². The van der Waals surface area contributed by atoms with Crippen LogP contribution in [0.25, 0.3) is 0 Å². The molecule has 0 N–H and O–H groups in total. The van der Waals surface area contributed by atoms with Crippen LogP contribution in [-0.4, -0.2) is 28.6 Å². The Morgan fingerprint density at radius 2 is 2.08 bits per heavy atom. The van der Waals surface area contributed by atoms with Gasteiger partial charge in [0.2, 0.25) is 11.8 Å². The number of amides is 2. The molecule has 1 unspecified atom stereocenters. The van der Waals surface area contributed by atoms with E-state index in [1.165, 1.54) is 4.90 Å². The fraction of sp³-hybridized carbons (Fsp3) is 0.778. The van der Waals surface area contributed by atoms with Gasteiger partial charge in [0.05, 0.1) is 0 Å². The molecule has 1 aliphatic rings. The van der Waals surface area contributed by atoms with Gasteiger partial charge in [-0.25, -0.2) is 0 Å². The molecule has 0 aromatic heterocycles. The van der Waals surface area contributed by atoms with Crippen molar-refractivity contribution in [2.24, 2.45) is 5.41 Å². The number of imide groups is 1. The average molecular weight is 204 g/mol. The van der Waals surface area contributed by atoms with Crippen LogP contribution in [0.15, 0.2) is 0 Å². The van der Waals surface area contributed by atoms with E-state index in [0.717, 1.165) is 0 Å². The van der Waals surface area contributed by atoms with Gasteiger partial charge in [-0.2, -0.15) is 0 Å². The van der Waals surface area contributed by atoms with Crippen molar-refractivity contribution in [3.8, 4) is 0 Å². The van der Waals surface area contributed by atoms with Gasteiger partial charge in [0.15, 0.2) is 0 Å². The zero-order valence-corrected chi connectivity index (χ0v) is 8.89. The molecular formula is C9H14ClNO2. The number of likely N-dealkylation sites (tertiary alicyclic amines) is 1. The number of carbonyl (C=O) groups is 2. The van der Waals surface area contributed by atoms with Crippen molar-refractivity contribution in [2.75, 3.05) is 6.54 Å². The number of hydrogen-bond acceptors (Lipinski definition) is 2. The maximum absolute atomic E-state index is 11.7. The Morgan fingerprint density at radius 1 is 1.54 bits per heavy atom. The molecule has 0 bridgehead atoms. The summed E-state index contributed by atoms with van der Waals surface area (Å²) in [5.74, 6) is -0.387. The molecule has 0 spiro atoms. The van der Waals surface area contributed by atoms with E-state index in [9.17, 15) is 9.59 Å². The smallest absolute Gasteiger partial charge is 0.247 e. The van der Waals surface area contributed by atoms with Crippen LogP contribution in [0.2, 0.25) is 0 Å². The molecule has 1 saturated heterocycles. The largest absolute Gasteiger partial charge is 0.281 e. The first-order chi connectivity index (χ1) is 5.84. The van der Waals surface area contributed by atoms with Crippen molar-refractivity contribution in [1.29, 1.82) is 0 Å². The van der Waals surface area contributed by atoms with Crippen molar-refractivity contribution >= 4 is 23.4 Å². The molecule has 0 radical (unpaired) electrons. The number of halogens is 1. The third kappa shape index (κ3) is 2.02. The summed E-state index contributed by atoms with van der Waals surface area (Å²) in [4.78, 5) is 24.3. The topological polar surface area (TPSA) is 37.4 Å². The maximum Gasteiger partial charge on any atom is 0.247 e. The highest BCUT2D eigenvalue weighted by atomic mass is 35.5. The second-order valence-corrected chi connectivity index (χ2v) is 4.83. The minimum atomic E-state index is -0.508. The third-order valence-corrected chi connectivity index (χ3v) is 2.43. The zero-order valence-electron chi connectivity index (χ0n) is 8.13. The fourth-order valence-electron chi connectivity index (χ4n) is 1.25. The number of alkyl halides is 1. The molecule has 1 atom stereocenters. The first-order valence-corrected chi connectivity index (χ1v) is 4.77. The molecule has 4 heteroatoms. The monoisotopic (exact) mass is 203 g/mol. The second kappa shape index (κ2) is 3.29. The summed E-state index contributed by atoms with van der Waals surface area (Å²) in [5, 5.41) is -0.508. The van der Waals surface area contributed by atoms with Crippen LogP contribution in [0.1, 0.15) is 27.2 Å². The zero-order chi connectivity index (χ0) is 10.2. The van der Waals surface area contributed by atoms with Gasteiger partial charge < -0.3 is 0 Å². The molecule has 1 aliphatic heterocycles. The molecule has 2 amide bonds. The Kier molecular flexibility index (Phi) is 2.66. The van der Waals surface area contributed by atoms with Gasteiger partial charge in [-0.3, -0.25) is 14.5 Å². The quantitative estimate of drug-likeness (QED) is 0.558. The molecule has 74 valence electrons. The Hall–Kier alpha value is -0.570. The van der Waals surface area contributed by atoms with Gasteiger partial charge in [-0.15, -0.1) is 11.6 Å². The predicted molar refractivity (Wildman–Crippen MR) is 50.4 cm³/mol. The Labute approximate surface area is 83.0 Å². The van der Waals surface area contributed by atoms with Crippen LogP contribution in [0.4, 0.5) is 0 Å². The lowest BCUT2D eigenvalue weighted by Crippen LogP contribution is -2.41. The molecular weight excluding hydrogens is 190 g/mol. The summed E-state index contributed by atoms with van der Waals surface area (Å²) in [6, 6.07) is 0. The Balaban J connectivity index is 2.75. The minimum absolute atomic E-state index is 0.138. The standard InChI is InChI=1S/C9H14ClNO2/c1-9(2,3)8(13)11-5-4-6(10)7(11)12/h6H,4-5H2,1-3H3. The van der Waals surface area contributed by atoms with Gasteiger partial charge in [-0.05, 0) is 6.42 Å². The van der Waals surface area contributed by atoms with Crippen LogP contribution in [-0.2, 0) is 9.59 Å². The lowest BCUT2D eigenvalue weighted by atomic mass is 9.95. The van der Waals surface area contributed by atoms with E-state index in [1.807, 2.05) is 0 Å². The predicted octanol–water partition coefficient (Wildman–Crippen LogP) is 1.40. The fourth-order valence-corrected chi connectivity index (χ4v) is 1.47. The molecule has 13 heavy (non-hydrogen) atoms. The normalized spacial score (nSPS) is 23.8. The number of nitrogens with zero attached hydrogens (tertiary/aromatic N) is 1. The second-order valence-electron chi connectivity index (χ2n) is 4.30. The van der Waals surface area contributed by atoms with E-state index in [0.29, 0.717) is 13.0 Å². The van der Waals surface area contributed by atoms with Crippen molar-refractivity contribution in [2.45, 2.75) is 32.6 Å². The number of rotatable bonds is 0. The summed E-state index contributed by atoms with van der Waals surface area (Å²) in [7, 11) is 0. The van der Waals surface area contributed by atoms with E-state index < -0.39 is 10.8 Å². The minimum Gasteiger partial charge on any atom is -0.281 e. The van der Waals surface area contributed by atoms with Gasteiger partial charge in [0.25, 0.3) is 0 Å². The Bertz CT molecular complexity index is 244. The highest BCUT2D eigenvalue weighted by Gasteiger charge is 2.38. The highest BCUT2D eigenvalue weighted by Crippen LogP contribution is 2.24. The van der Waals surface area contributed by atoms with Gasteiger partial charge in [0, 0.05) is 12.0 Å². The van der Waals surface area contributed by atoms with E-state index in [-0.39, 0.29) is 11.8 Å². The first-order valence-electron chi connectivity index (χ1n) is 4.34. The molecule has 0 aromatic rings. The van der Waals surface area contributed by atoms with Crippen LogP contribution in [0, 0.1) is 5.41 Å². The molecule has 1 heterocycles. The SMILES string of the molecule is CC(C)(C)C(=O)N1CCC(Cl)C1=O. The molecule has 1 fully saturated rings. The lowest BCUT2D eigenvalue weighted by molar-refractivity contribution is -0.147. The number of carbonyl (C=O) groups excluding carboxylic acids is 2. The molecule has 1 rings (SSSR count). The van der Waals surface area contributed by atoms with Gasteiger partial charge in [0.1, 0.15) is 5.38 Å². The third-order valence-electron chi connectivity index (χ3n) is 2.03. The van der Waals surface area contributed by atoms with Crippen LogP contribution in [0.3, 0.4) is 0 Å². The highest BCUT2D eigenvalue weighted by molar-refractivity contribution is 6.32. The summed E-state index contributed by atoms with van der Waals surface area (Å²) >= 11 is 5.71. The average Bonchev–Trinajstić information content (AvgIpc) is 2.30. The molecule has 0 aromatic carbocycles. The van der Waals surface area contributed by atoms with Crippen molar-refractivity contribution in [3.05, 3.63) is 0 Å². The van der Waals surface area contributed by atoms with Crippen molar-refractivity contribution in [1.82, 2.24) is 4.90 Å². The van der Waals surface area contributed by atoms with Crippen molar-refractivity contribution < 1.29 is 9.59 Å². The van der Waals surface area contributed by atoms with Gasteiger partial charge >= 0.3 is 0 Å². The summed E-state index contributed by atoms with van der Waals surface area (Å²) < 4.78 is 0. The summed E-state index contributed by atoms with van der Waals surface area (Å²) in [5.41, 5.74) is -0.503. The maximum atomic E-state index is 11.7. The van der Waals surface area contributed by atoms with E-state index >= 15 is 0 Å². The lowest BCUT2D eigenvalue weighted by Gasteiger charge is -2.23. The first kappa shape index (κ1) is 10.5. The summed E-state index contributed by atoms with van der Waals surface area (Å²) in [6.45, 7) is 5.85. The Morgan fingerprint density at radius 3 is 2.38 bits per heavy atom. The summed E-state index contributed by atoms with van der Waals surface area (Å²) in [6.07, 6.45) is 0.572. The van der Waals surface area contributed by atoms with Crippen LogP contribution in [0.5, 0.6) is 0 Å². The molecule has 0 saturated carbocycles. The van der Waals surface area contributed by atoms with E-state index in [1.54, 1.807) is 20.8 Å². The number of hydrogen-bond donors (Lipinski definition) is 0. The molecule has 3 nitrogen and oxygen atoms in total. The van der Waals surface area contributed by atoms with E-state index in [2.05, 4.69) is 0 Å². The van der Waals surface area contributed by atoms with Gasteiger partial charge in [-0.1, -0.05) is 20.8 Å². The van der Waals surface area contributed by atoms with E-state index in [4.69, 9.17) is 11.6 Å². The van der Waals surface area contributed by atoms with Crippen LogP contribution >= 0.6 is 11.6 Å². The molecule has 0 aliphatic carbocycles.